The lowest BCUT2D eigenvalue weighted by atomic mass is 10.2. The van der Waals surface area contributed by atoms with E-state index in [1.54, 1.807) is 25.1 Å². The van der Waals surface area contributed by atoms with Gasteiger partial charge in [-0.1, -0.05) is 22.9 Å². The quantitative estimate of drug-likeness (QED) is 0.867. The van der Waals surface area contributed by atoms with Crippen molar-refractivity contribution < 1.29 is 13.2 Å². The third kappa shape index (κ3) is 3.80. The monoisotopic (exact) mass is 362 g/mol. The molecule has 20 heavy (non-hydrogen) atoms. The van der Waals surface area contributed by atoms with Gasteiger partial charge in [-0.2, -0.15) is 0 Å². The maximum Gasteiger partial charge on any atom is 0.242 e. The second-order valence-corrected chi connectivity index (χ2v) is 7.61. The number of carbonyl (C=O) groups is 1. The molecule has 0 saturated carbocycles. The van der Waals surface area contributed by atoms with Crippen molar-refractivity contribution in [2.24, 2.45) is 5.92 Å². The zero-order chi connectivity index (χ0) is 15.5. The van der Waals surface area contributed by atoms with Gasteiger partial charge in [0.25, 0.3) is 0 Å². The first-order valence-electron chi connectivity index (χ1n) is 6.14. The number of amides is 1. The number of benzene rings is 1. The summed E-state index contributed by atoms with van der Waals surface area (Å²) in [5, 5.41) is 2.51. The molecule has 0 fully saturated rings. The second-order valence-electron chi connectivity index (χ2n) is 4.71. The third-order valence-electron chi connectivity index (χ3n) is 3.06. The van der Waals surface area contributed by atoms with Crippen LogP contribution in [0.1, 0.15) is 12.5 Å². The Balaban J connectivity index is 2.98. The number of hydrogen-bond acceptors (Lipinski definition) is 3. The van der Waals surface area contributed by atoms with Crippen LogP contribution < -0.4 is 5.32 Å². The van der Waals surface area contributed by atoms with E-state index < -0.39 is 15.9 Å². The molecule has 0 aliphatic rings. The van der Waals surface area contributed by atoms with Crippen molar-refractivity contribution in [3.05, 3.63) is 28.2 Å². The zero-order valence-corrected chi connectivity index (χ0v) is 14.4. The first-order valence-corrected chi connectivity index (χ1v) is 8.37. The summed E-state index contributed by atoms with van der Waals surface area (Å²) < 4.78 is 26.9. The second kappa shape index (κ2) is 6.69. The SMILES string of the molecule is CNC(=O)C(C)CN(C)S(=O)(=O)c1ccc(Br)c(C)c1. The molecule has 1 N–H and O–H groups in total. The van der Waals surface area contributed by atoms with Crippen molar-refractivity contribution in [2.45, 2.75) is 18.7 Å². The molecule has 5 nitrogen and oxygen atoms in total. The lowest BCUT2D eigenvalue weighted by Gasteiger charge is -2.20. The highest BCUT2D eigenvalue weighted by Gasteiger charge is 2.24. The van der Waals surface area contributed by atoms with Crippen LogP contribution in [0.2, 0.25) is 0 Å². The number of rotatable bonds is 5. The summed E-state index contributed by atoms with van der Waals surface area (Å²) in [5.74, 6) is -0.588. The maximum absolute atomic E-state index is 12.4. The minimum Gasteiger partial charge on any atom is -0.359 e. The normalized spacial score (nSPS) is 13.3. The van der Waals surface area contributed by atoms with Gasteiger partial charge in [-0.05, 0) is 30.7 Å². The Bertz CT molecular complexity index is 602. The molecule has 0 heterocycles. The van der Waals surface area contributed by atoms with Crippen molar-refractivity contribution in [3.8, 4) is 0 Å². The standard InChI is InChI=1S/C13H19BrN2O3S/c1-9-7-11(5-6-12(9)14)20(18,19)16(4)8-10(2)13(17)15-3/h5-7,10H,8H2,1-4H3,(H,15,17). The average Bonchev–Trinajstić information content (AvgIpc) is 2.40. The molecule has 1 unspecified atom stereocenters. The smallest absolute Gasteiger partial charge is 0.242 e. The fraction of sp³-hybridized carbons (Fsp3) is 0.462. The number of aryl methyl sites for hydroxylation is 1. The van der Waals surface area contributed by atoms with Gasteiger partial charge in [0.1, 0.15) is 0 Å². The minimum absolute atomic E-state index is 0.136. The minimum atomic E-state index is -3.58. The van der Waals surface area contributed by atoms with Crippen LogP contribution in [0, 0.1) is 12.8 Å². The number of sulfonamides is 1. The van der Waals surface area contributed by atoms with Gasteiger partial charge in [0, 0.05) is 31.0 Å². The molecule has 1 aromatic carbocycles. The first-order chi connectivity index (χ1) is 9.20. The Morgan fingerprint density at radius 2 is 2.05 bits per heavy atom. The lowest BCUT2D eigenvalue weighted by Crippen LogP contribution is -2.37. The van der Waals surface area contributed by atoms with Gasteiger partial charge in [0.2, 0.25) is 15.9 Å². The van der Waals surface area contributed by atoms with E-state index in [0.717, 1.165) is 10.0 Å². The van der Waals surface area contributed by atoms with Gasteiger partial charge < -0.3 is 5.32 Å². The maximum atomic E-state index is 12.4. The van der Waals surface area contributed by atoms with Gasteiger partial charge in [-0.15, -0.1) is 0 Å². The van der Waals surface area contributed by atoms with Crippen LogP contribution in [0.4, 0.5) is 0 Å². The molecule has 0 saturated heterocycles. The van der Waals surface area contributed by atoms with Gasteiger partial charge in [-0.3, -0.25) is 4.79 Å². The van der Waals surface area contributed by atoms with E-state index in [-0.39, 0.29) is 17.3 Å². The molecule has 0 aliphatic carbocycles. The van der Waals surface area contributed by atoms with Crippen LogP contribution in [-0.2, 0) is 14.8 Å². The van der Waals surface area contributed by atoms with Crippen LogP contribution in [0.3, 0.4) is 0 Å². The fourth-order valence-electron chi connectivity index (χ4n) is 1.77. The fourth-order valence-corrected chi connectivity index (χ4v) is 3.36. The van der Waals surface area contributed by atoms with Crippen LogP contribution in [0.5, 0.6) is 0 Å². The van der Waals surface area contributed by atoms with Gasteiger partial charge in [0.05, 0.1) is 4.90 Å². The van der Waals surface area contributed by atoms with Crippen molar-refractivity contribution >= 4 is 31.9 Å². The molecule has 0 aromatic heterocycles. The van der Waals surface area contributed by atoms with E-state index in [2.05, 4.69) is 21.2 Å². The summed E-state index contributed by atoms with van der Waals surface area (Å²) in [4.78, 5) is 11.7. The summed E-state index contributed by atoms with van der Waals surface area (Å²) in [6.07, 6.45) is 0. The molecule has 1 rings (SSSR count). The summed E-state index contributed by atoms with van der Waals surface area (Å²) >= 11 is 3.34. The third-order valence-corrected chi connectivity index (χ3v) is 5.77. The summed E-state index contributed by atoms with van der Waals surface area (Å²) in [6, 6.07) is 4.87. The number of carbonyl (C=O) groups excluding carboxylic acids is 1. The van der Waals surface area contributed by atoms with Gasteiger partial charge in [-0.25, -0.2) is 12.7 Å². The number of hydrogen-bond donors (Lipinski definition) is 1. The number of nitrogens with zero attached hydrogens (tertiary/aromatic N) is 1. The topological polar surface area (TPSA) is 66.5 Å². The molecule has 1 aromatic rings. The summed E-state index contributed by atoms with van der Waals surface area (Å²) in [5.41, 5.74) is 0.846. The van der Waals surface area contributed by atoms with Crippen LogP contribution in [0.15, 0.2) is 27.6 Å². The summed E-state index contributed by atoms with van der Waals surface area (Å²) in [6.45, 7) is 3.66. The zero-order valence-electron chi connectivity index (χ0n) is 12.0. The molecule has 0 radical (unpaired) electrons. The highest BCUT2D eigenvalue weighted by atomic mass is 79.9. The first kappa shape index (κ1) is 17.1. The van der Waals surface area contributed by atoms with Crippen molar-refractivity contribution in [1.29, 1.82) is 0 Å². The molecule has 1 amide bonds. The highest BCUT2D eigenvalue weighted by Crippen LogP contribution is 2.22. The Hall–Kier alpha value is -0.920. The number of halogens is 1. The molecule has 0 aliphatic heterocycles. The van der Waals surface area contributed by atoms with Crippen molar-refractivity contribution in [2.75, 3.05) is 20.6 Å². The Morgan fingerprint density at radius 3 is 2.55 bits per heavy atom. The van der Waals surface area contributed by atoms with Crippen LogP contribution >= 0.6 is 15.9 Å². The number of nitrogens with one attached hydrogen (secondary N) is 1. The Labute approximate surface area is 128 Å². The van der Waals surface area contributed by atoms with E-state index in [0.29, 0.717) is 0 Å². The molecule has 112 valence electrons. The summed E-state index contributed by atoms with van der Waals surface area (Å²) in [7, 11) is -0.571. The van der Waals surface area contributed by atoms with Gasteiger partial charge >= 0.3 is 0 Å². The lowest BCUT2D eigenvalue weighted by molar-refractivity contribution is -0.124. The van der Waals surface area contributed by atoms with Crippen molar-refractivity contribution in [3.63, 3.8) is 0 Å². The highest BCUT2D eigenvalue weighted by molar-refractivity contribution is 9.10. The van der Waals surface area contributed by atoms with E-state index >= 15 is 0 Å². The van der Waals surface area contributed by atoms with Crippen LogP contribution in [-0.4, -0.2) is 39.3 Å². The Kier molecular flexibility index (Phi) is 5.73. The average molecular weight is 363 g/mol. The van der Waals surface area contributed by atoms with E-state index in [4.69, 9.17) is 0 Å². The largest absolute Gasteiger partial charge is 0.359 e. The van der Waals surface area contributed by atoms with Crippen LogP contribution in [0.25, 0.3) is 0 Å². The van der Waals surface area contributed by atoms with E-state index in [1.807, 2.05) is 6.92 Å². The molecule has 7 heteroatoms. The molecule has 1 atom stereocenters. The Morgan fingerprint density at radius 1 is 1.45 bits per heavy atom. The molecule has 0 bridgehead atoms. The van der Waals surface area contributed by atoms with Crippen molar-refractivity contribution in [1.82, 2.24) is 9.62 Å². The van der Waals surface area contributed by atoms with E-state index in [1.165, 1.54) is 18.4 Å². The van der Waals surface area contributed by atoms with Gasteiger partial charge in [0.15, 0.2) is 0 Å². The molecular weight excluding hydrogens is 344 g/mol. The molecular formula is C13H19BrN2O3S. The predicted octanol–water partition coefficient (Wildman–Crippen LogP) is 1.76. The van der Waals surface area contributed by atoms with E-state index in [9.17, 15) is 13.2 Å². The predicted molar refractivity (Wildman–Crippen MR) is 81.9 cm³/mol. The molecule has 0 spiro atoms.